The number of furan rings is 2. The Morgan fingerprint density at radius 1 is 0.455 bits per heavy atom. The highest BCUT2D eigenvalue weighted by molar-refractivity contribution is 7.26. The van der Waals surface area contributed by atoms with Gasteiger partial charge in [-0.25, -0.2) is 0 Å². The molecular formula is C41H24O2S. The summed E-state index contributed by atoms with van der Waals surface area (Å²) in [7, 11) is 0. The standard InChI is InChI=1S/C41H24O2S/c1-3-7-24(8-4-1)26-12-16-35-33(20-26)40-36(42-35)17-18-38-41(40)30-14-11-28(23-39(30)44-38)27-13-15-34-31(19-27)32-21-29(22-37(32)43-34)25-9-5-2-6-10-25/h1-21,23H,22H2. The predicted octanol–water partition coefficient (Wildman–Crippen LogP) is 12.1. The molecule has 0 saturated carbocycles. The summed E-state index contributed by atoms with van der Waals surface area (Å²) in [5, 5.41) is 6.09. The zero-order chi connectivity index (χ0) is 28.8. The van der Waals surface area contributed by atoms with E-state index < -0.39 is 0 Å². The van der Waals surface area contributed by atoms with Gasteiger partial charge >= 0.3 is 0 Å². The van der Waals surface area contributed by atoms with Gasteiger partial charge in [0.05, 0.1) is 0 Å². The van der Waals surface area contributed by atoms with Crippen LogP contribution in [0.5, 0.6) is 0 Å². The van der Waals surface area contributed by atoms with Crippen molar-refractivity contribution in [3.05, 3.63) is 144 Å². The van der Waals surface area contributed by atoms with Crippen molar-refractivity contribution in [2.24, 2.45) is 0 Å². The Kier molecular flexibility index (Phi) is 4.96. The average molecular weight is 581 g/mol. The van der Waals surface area contributed by atoms with E-state index in [1.54, 1.807) is 0 Å². The molecule has 44 heavy (non-hydrogen) atoms. The minimum Gasteiger partial charge on any atom is -0.460 e. The van der Waals surface area contributed by atoms with Gasteiger partial charge in [0.25, 0.3) is 0 Å². The number of allylic oxidation sites excluding steroid dienone is 1. The number of hydrogen-bond donors (Lipinski definition) is 0. The van der Waals surface area contributed by atoms with Crippen molar-refractivity contribution in [2.75, 3.05) is 0 Å². The minimum absolute atomic E-state index is 0.834. The number of thiophene rings is 1. The number of hydrogen-bond acceptors (Lipinski definition) is 3. The van der Waals surface area contributed by atoms with Crippen molar-refractivity contribution >= 4 is 76.1 Å². The molecule has 0 amide bonds. The molecule has 0 fully saturated rings. The zero-order valence-corrected chi connectivity index (χ0v) is 24.5. The third kappa shape index (κ3) is 3.54. The molecule has 3 aromatic heterocycles. The molecule has 206 valence electrons. The second-order valence-electron chi connectivity index (χ2n) is 11.7. The summed E-state index contributed by atoms with van der Waals surface area (Å²) in [6, 6.07) is 45.5. The van der Waals surface area contributed by atoms with Crippen LogP contribution in [-0.2, 0) is 6.42 Å². The Bertz CT molecular complexity index is 2610. The van der Waals surface area contributed by atoms with Crippen LogP contribution < -0.4 is 0 Å². The Hall–Kier alpha value is -5.38. The maximum Gasteiger partial charge on any atom is 0.136 e. The van der Waals surface area contributed by atoms with Crippen LogP contribution in [0.25, 0.3) is 87.0 Å². The van der Waals surface area contributed by atoms with Gasteiger partial charge in [0.15, 0.2) is 0 Å². The van der Waals surface area contributed by atoms with Crippen LogP contribution >= 0.6 is 11.3 Å². The number of rotatable bonds is 3. The molecule has 0 atom stereocenters. The van der Waals surface area contributed by atoms with E-state index in [4.69, 9.17) is 8.83 Å². The van der Waals surface area contributed by atoms with Crippen molar-refractivity contribution in [1.82, 2.24) is 0 Å². The molecule has 2 nitrogen and oxygen atoms in total. The van der Waals surface area contributed by atoms with Gasteiger partial charge in [0.1, 0.15) is 22.5 Å². The van der Waals surface area contributed by atoms with Crippen molar-refractivity contribution in [3.8, 4) is 22.3 Å². The first-order chi connectivity index (χ1) is 21.8. The molecule has 0 aliphatic heterocycles. The monoisotopic (exact) mass is 580 g/mol. The third-order valence-electron chi connectivity index (χ3n) is 9.13. The number of fused-ring (bicyclic) bond motifs is 10. The average Bonchev–Trinajstić information content (AvgIpc) is 3.84. The molecule has 0 spiro atoms. The quantitative estimate of drug-likeness (QED) is 0.208. The van der Waals surface area contributed by atoms with E-state index in [9.17, 15) is 0 Å². The lowest BCUT2D eigenvalue weighted by molar-refractivity contribution is 0.569. The van der Waals surface area contributed by atoms with Gasteiger partial charge in [0.2, 0.25) is 0 Å². The summed E-state index contributed by atoms with van der Waals surface area (Å²) < 4.78 is 15.2. The maximum absolute atomic E-state index is 6.36. The van der Waals surface area contributed by atoms with Crippen LogP contribution in [-0.4, -0.2) is 0 Å². The Balaban J connectivity index is 1.11. The van der Waals surface area contributed by atoms with E-state index in [0.29, 0.717) is 0 Å². The topological polar surface area (TPSA) is 26.3 Å². The normalized spacial score (nSPS) is 13.0. The second-order valence-corrected chi connectivity index (χ2v) is 12.7. The van der Waals surface area contributed by atoms with Gasteiger partial charge in [-0.05, 0) is 81.9 Å². The lowest BCUT2D eigenvalue weighted by atomic mass is 9.99. The summed E-state index contributed by atoms with van der Waals surface area (Å²) in [6.45, 7) is 0. The smallest absolute Gasteiger partial charge is 0.136 e. The molecule has 6 aromatic carbocycles. The summed E-state index contributed by atoms with van der Waals surface area (Å²) in [6.07, 6.45) is 3.14. The first-order valence-electron chi connectivity index (χ1n) is 15.0. The summed E-state index contributed by atoms with van der Waals surface area (Å²) >= 11 is 1.85. The van der Waals surface area contributed by atoms with E-state index >= 15 is 0 Å². The van der Waals surface area contributed by atoms with E-state index in [-0.39, 0.29) is 0 Å². The summed E-state index contributed by atoms with van der Waals surface area (Å²) in [5.41, 5.74) is 11.4. The highest BCUT2D eigenvalue weighted by Crippen LogP contribution is 2.45. The Morgan fingerprint density at radius 2 is 1.11 bits per heavy atom. The molecule has 3 heteroatoms. The van der Waals surface area contributed by atoms with E-state index in [2.05, 4.69) is 133 Å². The molecule has 9 aromatic rings. The van der Waals surface area contributed by atoms with E-state index in [1.165, 1.54) is 69.9 Å². The lowest BCUT2D eigenvalue weighted by Gasteiger charge is -2.04. The lowest BCUT2D eigenvalue weighted by Crippen LogP contribution is -1.83. The SMILES string of the molecule is C1=C(c2ccccc2)Cc2oc3ccc(-c4ccc5c(c4)sc4ccc6oc7ccc(-c8ccccc8)cc7c6c45)cc3c21. The van der Waals surface area contributed by atoms with Crippen molar-refractivity contribution in [2.45, 2.75) is 6.42 Å². The van der Waals surface area contributed by atoms with Gasteiger partial charge in [-0.15, -0.1) is 11.3 Å². The Morgan fingerprint density at radius 3 is 1.93 bits per heavy atom. The highest BCUT2D eigenvalue weighted by Gasteiger charge is 2.22. The fraction of sp³-hybridized carbons (Fsp3) is 0.0244. The molecular weight excluding hydrogens is 557 g/mol. The third-order valence-corrected chi connectivity index (χ3v) is 10.2. The van der Waals surface area contributed by atoms with Crippen LogP contribution in [0.4, 0.5) is 0 Å². The van der Waals surface area contributed by atoms with Crippen LogP contribution in [0.15, 0.2) is 136 Å². The summed E-state index contributed by atoms with van der Waals surface area (Å²) in [5.74, 6) is 1.06. The van der Waals surface area contributed by atoms with Crippen LogP contribution in [0.2, 0.25) is 0 Å². The first-order valence-corrected chi connectivity index (χ1v) is 15.8. The van der Waals surface area contributed by atoms with Crippen molar-refractivity contribution in [1.29, 1.82) is 0 Å². The molecule has 0 N–H and O–H groups in total. The second kappa shape index (κ2) is 9.06. The molecule has 0 unspecified atom stereocenters. The molecule has 3 heterocycles. The molecule has 0 bridgehead atoms. The number of benzene rings is 6. The van der Waals surface area contributed by atoms with Gasteiger partial charge in [-0.1, -0.05) is 84.9 Å². The minimum atomic E-state index is 0.834. The van der Waals surface area contributed by atoms with Gasteiger partial charge in [-0.2, -0.15) is 0 Å². The van der Waals surface area contributed by atoms with Crippen LogP contribution in [0, 0.1) is 0 Å². The van der Waals surface area contributed by atoms with Crippen molar-refractivity contribution < 1.29 is 8.83 Å². The molecule has 1 aliphatic rings. The maximum atomic E-state index is 6.36. The van der Waals surface area contributed by atoms with Crippen molar-refractivity contribution in [3.63, 3.8) is 0 Å². The van der Waals surface area contributed by atoms with Crippen LogP contribution in [0.3, 0.4) is 0 Å². The van der Waals surface area contributed by atoms with Gasteiger partial charge in [0, 0.05) is 48.3 Å². The van der Waals surface area contributed by atoms with E-state index in [0.717, 1.165) is 34.3 Å². The van der Waals surface area contributed by atoms with Gasteiger partial charge < -0.3 is 8.83 Å². The Labute approximate surface area is 257 Å². The van der Waals surface area contributed by atoms with E-state index in [1.807, 2.05) is 11.3 Å². The predicted molar refractivity (Wildman–Crippen MR) is 185 cm³/mol. The highest BCUT2D eigenvalue weighted by atomic mass is 32.1. The fourth-order valence-corrected chi connectivity index (χ4v) is 8.15. The molecule has 0 saturated heterocycles. The largest absolute Gasteiger partial charge is 0.460 e. The van der Waals surface area contributed by atoms with Gasteiger partial charge in [-0.3, -0.25) is 0 Å². The zero-order valence-electron chi connectivity index (χ0n) is 23.6. The summed E-state index contributed by atoms with van der Waals surface area (Å²) in [4.78, 5) is 0. The molecule has 0 radical (unpaired) electrons. The fourth-order valence-electron chi connectivity index (χ4n) is 7.00. The molecule has 1 aliphatic carbocycles. The molecule has 10 rings (SSSR count). The van der Waals surface area contributed by atoms with Crippen LogP contribution in [0.1, 0.15) is 16.9 Å². The first kappa shape index (κ1) is 24.1.